The van der Waals surface area contributed by atoms with Crippen molar-refractivity contribution in [3.8, 4) is 0 Å². The molecule has 0 aliphatic rings. The maximum Gasteiger partial charge on any atom is 0.194 e. The molecule has 0 aliphatic carbocycles. The predicted molar refractivity (Wildman–Crippen MR) is 70.6 cm³/mol. The second kappa shape index (κ2) is 5.46. The normalized spacial score (nSPS) is 14.4. The van der Waals surface area contributed by atoms with Crippen LogP contribution in [0, 0.1) is 13.8 Å². The zero-order valence-electron chi connectivity index (χ0n) is 11.5. The highest BCUT2D eigenvalue weighted by molar-refractivity contribution is 6.03. The molecule has 2 heteroatoms. The van der Waals surface area contributed by atoms with Crippen molar-refractivity contribution in [2.45, 2.75) is 46.6 Å². The molecule has 0 aliphatic heterocycles. The van der Waals surface area contributed by atoms with Gasteiger partial charge >= 0.3 is 0 Å². The maximum atomic E-state index is 12.5. The van der Waals surface area contributed by atoms with Gasteiger partial charge in [-0.15, -0.1) is 0 Å². The fourth-order valence-electron chi connectivity index (χ4n) is 1.91. The average Bonchev–Trinajstić information content (AvgIpc) is 2.31. The topological polar surface area (TPSA) is 26.3 Å². The summed E-state index contributed by atoms with van der Waals surface area (Å²) in [4.78, 5) is 12.5. The summed E-state index contributed by atoms with van der Waals surface area (Å²) in [6, 6.07) is 5.96. The fourth-order valence-corrected chi connectivity index (χ4v) is 1.91. The van der Waals surface area contributed by atoms with Crippen molar-refractivity contribution in [1.82, 2.24) is 0 Å². The molecule has 94 valence electrons. The molecule has 0 heterocycles. The summed E-state index contributed by atoms with van der Waals surface area (Å²) in [5, 5.41) is 0. The molecule has 0 fully saturated rings. The number of carbonyl (C=O) groups is 1. The van der Waals surface area contributed by atoms with Gasteiger partial charge < -0.3 is 4.74 Å². The molecule has 0 saturated heterocycles. The number of Topliss-reactive ketones (excluding diaryl/α,β-unsaturated/α-hetero) is 1. The van der Waals surface area contributed by atoms with Gasteiger partial charge in [0.15, 0.2) is 5.78 Å². The summed E-state index contributed by atoms with van der Waals surface area (Å²) in [6.07, 6.45) is 0.688. The van der Waals surface area contributed by atoms with Crippen LogP contribution in [0.25, 0.3) is 0 Å². The Balaban J connectivity index is 3.14. The first-order valence-corrected chi connectivity index (χ1v) is 6.20. The van der Waals surface area contributed by atoms with Gasteiger partial charge in [0, 0.05) is 12.2 Å². The van der Waals surface area contributed by atoms with Crippen LogP contribution in [-0.2, 0) is 4.74 Å². The fraction of sp³-hybridized carbons (Fsp3) is 0.533. The first-order valence-electron chi connectivity index (χ1n) is 6.20. The standard InChI is InChI=1S/C15H22O2/c1-6-15(5,17-7-2)14(16)13-10-11(3)8-9-12(13)4/h8-10H,6-7H2,1-5H3. The van der Waals surface area contributed by atoms with Crippen LogP contribution in [0.2, 0.25) is 0 Å². The van der Waals surface area contributed by atoms with Crippen molar-refractivity contribution >= 4 is 5.78 Å². The first kappa shape index (κ1) is 13.9. The van der Waals surface area contributed by atoms with E-state index >= 15 is 0 Å². The summed E-state index contributed by atoms with van der Waals surface area (Å²) in [5.41, 5.74) is 2.20. The number of carbonyl (C=O) groups excluding carboxylic acids is 1. The summed E-state index contributed by atoms with van der Waals surface area (Å²) >= 11 is 0. The minimum absolute atomic E-state index is 0.0862. The van der Waals surface area contributed by atoms with Gasteiger partial charge in [0.25, 0.3) is 0 Å². The molecule has 0 saturated carbocycles. The first-order chi connectivity index (χ1) is 7.94. The summed E-state index contributed by atoms with van der Waals surface area (Å²) < 4.78 is 5.64. The van der Waals surface area contributed by atoms with Crippen molar-refractivity contribution in [1.29, 1.82) is 0 Å². The molecule has 1 atom stereocenters. The zero-order valence-corrected chi connectivity index (χ0v) is 11.5. The molecule has 0 radical (unpaired) electrons. The number of rotatable bonds is 5. The van der Waals surface area contributed by atoms with E-state index in [1.807, 2.05) is 52.8 Å². The summed E-state index contributed by atoms with van der Waals surface area (Å²) in [6.45, 7) is 10.3. The van der Waals surface area contributed by atoms with Crippen LogP contribution < -0.4 is 0 Å². The van der Waals surface area contributed by atoms with E-state index in [9.17, 15) is 4.79 Å². The van der Waals surface area contributed by atoms with Crippen LogP contribution >= 0.6 is 0 Å². The Morgan fingerprint density at radius 2 is 1.94 bits per heavy atom. The lowest BCUT2D eigenvalue weighted by atomic mass is 9.89. The Kier molecular flexibility index (Phi) is 4.47. The van der Waals surface area contributed by atoms with Crippen LogP contribution in [0.3, 0.4) is 0 Å². The van der Waals surface area contributed by atoms with E-state index in [0.29, 0.717) is 13.0 Å². The van der Waals surface area contributed by atoms with Gasteiger partial charge in [0.2, 0.25) is 0 Å². The molecule has 0 bridgehead atoms. The molecule has 0 spiro atoms. The SMILES string of the molecule is CCOC(C)(CC)C(=O)c1cc(C)ccc1C. The van der Waals surface area contributed by atoms with Crippen LogP contribution in [0.4, 0.5) is 0 Å². The number of benzene rings is 1. The second-order valence-electron chi connectivity index (χ2n) is 4.66. The Morgan fingerprint density at radius 3 is 2.47 bits per heavy atom. The highest BCUT2D eigenvalue weighted by Gasteiger charge is 2.33. The number of hydrogen-bond donors (Lipinski definition) is 0. The highest BCUT2D eigenvalue weighted by Crippen LogP contribution is 2.24. The van der Waals surface area contributed by atoms with Crippen molar-refractivity contribution < 1.29 is 9.53 Å². The number of ketones is 1. The molecular weight excluding hydrogens is 212 g/mol. The zero-order chi connectivity index (χ0) is 13.1. The van der Waals surface area contributed by atoms with E-state index in [2.05, 4.69) is 0 Å². The number of hydrogen-bond acceptors (Lipinski definition) is 2. The van der Waals surface area contributed by atoms with Crippen LogP contribution in [-0.4, -0.2) is 18.0 Å². The third kappa shape index (κ3) is 2.95. The van der Waals surface area contributed by atoms with E-state index in [4.69, 9.17) is 4.74 Å². The van der Waals surface area contributed by atoms with E-state index in [-0.39, 0.29) is 5.78 Å². The minimum Gasteiger partial charge on any atom is -0.367 e. The van der Waals surface area contributed by atoms with E-state index in [0.717, 1.165) is 16.7 Å². The number of aryl methyl sites for hydroxylation is 2. The quantitative estimate of drug-likeness (QED) is 0.726. The monoisotopic (exact) mass is 234 g/mol. The lowest BCUT2D eigenvalue weighted by Gasteiger charge is -2.27. The van der Waals surface area contributed by atoms with E-state index in [1.165, 1.54) is 0 Å². The molecule has 1 unspecified atom stereocenters. The molecule has 0 aromatic heterocycles. The van der Waals surface area contributed by atoms with Crippen LogP contribution in [0.5, 0.6) is 0 Å². The second-order valence-corrected chi connectivity index (χ2v) is 4.66. The molecular formula is C15H22O2. The minimum atomic E-state index is -0.701. The van der Waals surface area contributed by atoms with Crippen LogP contribution in [0.15, 0.2) is 18.2 Å². The van der Waals surface area contributed by atoms with Crippen molar-refractivity contribution in [3.05, 3.63) is 34.9 Å². The lowest BCUT2D eigenvalue weighted by Crippen LogP contribution is -2.38. The van der Waals surface area contributed by atoms with Gasteiger partial charge in [-0.25, -0.2) is 0 Å². The van der Waals surface area contributed by atoms with Gasteiger partial charge in [0.1, 0.15) is 5.60 Å². The average molecular weight is 234 g/mol. The Hall–Kier alpha value is -1.15. The molecule has 0 N–H and O–H groups in total. The van der Waals surface area contributed by atoms with Gasteiger partial charge in [0.05, 0.1) is 0 Å². The molecule has 1 aromatic rings. The predicted octanol–water partition coefficient (Wildman–Crippen LogP) is 3.69. The summed E-state index contributed by atoms with van der Waals surface area (Å²) in [7, 11) is 0. The van der Waals surface area contributed by atoms with Gasteiger partial charge in [-0.2, -0.15) is 0 Å². The molecule has 2 nitrogen and oxygen atoms in total. The Morgan fingerprint density at radius 1 is 1.29 bits per heavy atom. The molecule has 1 aromatic carbocycles. The van der Waals surface area contributed by atoms with Crippen molar-refractivity contribution in [2.75, 3.05) is 6.61 Å². The largest absolute Gasteiger partial charge is 0.367 e. The smallest absolute Gasteiger partial charge is 0.194 e. The molecule has 0 amide bonds. The van der Waals surface area contributed by atoms with Crippen molar-refractivity contribution in [2.24, 2.45) is 0 Å². The van der Waals surface area contributed by atoms with Crippen molar-refractivity contribution in [3.63, 3.8) is 0 Å². The van der Waals surface area contributed by atoms with E-state index in [1.54, 1.807) is 0 Å². The Bertz CT molecular complexity index is 409. The molecule has 1 rings (SSSR count). The van der Waals surface area contributed by atoms with E-state index < -0.39 is 5.60 Å². The molecule has 17 heavy (non-hydrogen) atoms. The van der Waals surface area contributed by atoms with Gasteiger partial charge in [-0.3, -0.25) is 4.79 Å². The van der Waals surface area contributed by atoms with Gasteiger partial charge in [-0.05, 0) is 45.7 Å². The lowest BCUT2D eigenvalue weighted by molar-refractivity contribution is -0.0116. The number of ether oxygens (including phenoxy) is 1. The summed E-state index contributed by atoms with van der Waals surface area (Å²) in [5.74, 6) is 0.0862. The highest BCUT2D eigenvalue weighted by atomic mass is 16.5. The maximum absolute atomic E-state index is 12.5. The van der Waals surface area contributed by atoms with Crippen LogP contribution in [0.1, 0.15) is 48.7 Å². The van der Waals surface area contributed by atoms with Gasteiger partial charge in [-0.1, -0.05) is 24.6 Å². The third-order valence-electron chi connectivity index (χ3n) is 3.26. The third-order valence-corrected chi connectivity index (χ3v) is 3.26. The Labute approximate surface area is 104 Å².